The summed E-state index contributed by atoms with van der Waals surface area (Å²) in [6.07, 6.45) is 6.16. The van der Waals surface area contributed by atoms with Crippen LogP contribution in [0.4, 0.5) is 5.69 Å². The van der Waals surface area contributed by atoms with Gasteiger partial charge in [-0.05, 0) is 60.2 Å². The van der Waals surface area contributed by atoms with Crippen molar-refractivity contribution in [3.8, 4) is 11.5 Å². The van der Waals surface area contributed by atoms with E-state index in [0.717, 1.165) is 29.7 Å². The van der Waals surface area contributed by atoms with Gasteiger partial charge in [-0.15, -0.1) is 0 Å². The first-order valence-corrected chi connectivity index (χ1v) is 11.2. The number of carbonyl (C=O) groups excluding carboxylic acids is 2. The molecule has 1 aliphatic heterocycles. The third-order valence-corrected chi connectivity index (χ3v) is 6.24. The summed E-state index contributed by atoms with van der Waals surface area (Å²) in [5.74, 6) is 1.00. The number of rotatable bonds is 8. The highest BCUT2D eigenvalue weighted by atomic mass is 16.6. The van der Waals surface area contributed by atoms with Crippen molar-refractivity contribution < 1.29 is 23.8 Å². The molecule has 4 rings (SSSR count). The molecule has 33 heavy (non-hydrogen) atoms. The first-order chi connectivity index (χ1) is 16.0. The molecule has 0 spiro atoms. The molecule has 7 heteroatoms. The van der Waals surface area contributed by atoms with Crippen molar-refractivity contribution >= 4 is 17.6 Å². The van der Waals surface area contributed by atoms with Gasteiger partial charge in [-0.25, -0.2) is 0 Å². The molecule has 0 fully saturated rings. The third kappa shape index (κ3) is 4.88. The minimum absolute atomic E-state index is 0.0616. The molecule has 7 nitrogen and oxygen atoms in total. The molecule has 174 valence electrons. The smallest absolute Gasteiger partial charge is 0.308 e. The lowest BCUT2D eigenvalue weighted by atomic mass is 9.76. The summed E-state index contributed by atoms with van der Waals surface area (Å²) in [6, 6.07) is 11.6. The Labute approximate surface area is 194 Å². The number of amides is 1. The van der Waals surface area contributed by atoms with Crippen LogP contribution in [0.5, 0.6) is 11.5 Å². The summed E-state index contributed by atoms with van der Waals surface area (Å²) in [5.41, 5.74) is 3.88. The Bertz CT molecular complexity index is 1060. The minimum atomic E-state index is -0.385. The second kappa shape index (κ2) is 10.1. The van der Waals surface area contributed by atoms with Crippen LogP contribution >= 0.6 is 0 Å². The molecule has 1 aliphatic carbocycles. The molecule has 0 saturated heterocycles. The van der Waals surface area contributed by atoms with Gasteiger partial charge in [0.1, 0.15) is 0 Å². The maximum absolute atomic E-state index is 12.6. The Morgan fingerprint density at radius 2 is 1.97 bits per heavy atom. The fourth-order valence-corrected chi connectivity index (χ4v) is 4.70. The highest BCUT2D eigenvalue weighted by Gasteiger charge is 2.38. The standard InChI is InChI=1S/C26H30N2O5/c1-16(29)33-23-11-9-17(15-24(23)32-3)25-20-7-4-6-19(20)21-14-18(8-10-22(21)28-25)26(30)27-12-5-13-31-2/h4,6,8-11,14-15,19-20,25,28H,5,7,12-13H2,1-3H3,(H,27,30). The minimum Gasteiger partial charge on any atom is -0.493 e. The van der Waals surface area contributed by atoms with Gasteiger partial charge in [0.2, 0.25) is 0 Å². The molecule has 2 aromatic rings. The lowest BCUT2D eigenvalue weighted by Crippen LogP contribution is -2.30. The van der Waals surface area contributed by atoms with Gasteiger partial charge in [-0.3, -0.25) is 9.59 Å². The Balaban J connectivity index is 1.58. The number of carbonyl (C=O) groups is 2. The van der Waals surface area contributed by atoms with E-state index in [0.29, 0.717) is 36.1 Å². The van der Waals surface area contributed by atoms with Crippen molar-refractivity contribution in [1.29, 1.82) is 0 Å². The Hall–Kier alpha value is -3.32. The van der Waals surface area contributed by atoms with Crippen molar-refractivity contribution in [2.24, 2.45) is 5.92 Å². The number of methoxy groups -OCH3 is 2. The number of anilines is 1. The predicted octanol–water partition coefficient (Wildman–Crippen LogP) is 4.21. The van der Waals surface area contributed by atoms with Gasteiger partial charge >= 0.3 is 5.97 Å². The molecule has 2 aromatic carbocycles. The van der Waals surface area contributed by atoms with Crippen molar-refractivity contribution in [3.63, 3.8) is 0 Å². The summed E-state index contributed by atoms with van der Waals surface area (Å²) < 4.78 is 15.8. The average Bonchev–Trinajstić information content (AvgIpc) is 3.31. The maximum atomic E-state index is 12.6. The van der Waals surface area contributed by atoms with E-state index in [-0.39, 0.29) is 23.8 Å². The molecule has 2 aliphatic rings. The van der Waals surface area contributed by atoms with Gasteiger partial charge in [0.15, 0.2) is 11.5 Å². The van der Waals surface area contributed by atoms with Gasteiger partial charge in [0.05, 0.1) is 13.2 Å². The molecular formula is C26H30N2O5. The molecule has 0 radical (unpaired) electrons. The van der Waals surface area contributed by atoms with Crippen LogP contribution in [-0.2, 0) is 9.53 Å². The molecule has 3 unspecified atom stereocenters. The van der Waals surface area contributed by atoms with Crippen LogP contribution < -0.4 is 20.1 Å². The zero-order valence-corrected chi connectivity index (χ0v) is 19.2. The lowest BCUT2D eigenvalue weighted by molar-refractivity contribution is -0.132. The highest BCUT2D eigenvalue weighted by Crippen LogP contribution is 2.50. The second-order valence-corrected chi connectivity index (χ2v) is 8.38. The molecule has 2 N–H and O–H groups in total. The number of hydrogen-bond acceptors (Lipinski definition) is 6. The fraction of sp³-hybridized carbons (Fsp3) is 0.385. The molecular weight excluding hydrogens is 420 g/mol. The largest absolute Gasteiger partial charge is 0.493 e. The van der Waals surface area contributed by atoms with E-state index in [1.165, 1.54) is 6.92 Å². The first-order valence-electron chi connectivity index (χ1n) is 11.2. The zero-order chi connectivity index (χ0) is 23.4. The van der Waals surface area contributed by atoms with E-state index in [2.05, 4.69) is 22.8 Å². The van der Waals surface area contributed by atoms with Crippen LogP contribution in [0, 0.1) is 5.92 Å². The Kier molecular flexibility index (Phi) is 6.99. The van der Waals surface area contributed by atoms with Crippen LogP contribution in [0.1, 0.15) is 53.2 Å². The third-order valence-electron chi connectivity index (χ3n) is 6.24. The van der Waals surface area contributed by atoms with Gasteiger partial charge in [-0.1, -0.05) is 18.2 Å². The van der Waals surface area contributed by atoms with E-state index in [1.807, 2.05) is 30.3 Å². The SMILES string of the molecule is COCCCNC(=O)c1ccc2c(c1)C1C=CCC1C(c1ccc(OC(C)=O)c(OC)c1)N2. The van der Waals surface area contributed by atoms with Crippen LogP contribution in [0.2, 0.25) is 0 Å². The van der Waals surface area contributed by atoms with Crippen molar-refractivity contribution in [2.75, 3.05) is 32.7 Å². The van der Waals surface area contributed by atoms with Crippen molar-refractivity contribution in [1.82, 2.24) is 5.32 Å². The quantitative estimate of drug-likeness (QED) is 0.271. The summed E-state index contributed by atoms with van der Waals surface area (Å²) >= 11 is 0. The van der Waals surface area contributed by atoms with Crippen LogP contribution in [0.15, 0.2) is 48.6 Å². The summed E-state index contributed by atoms with van der Waals surface area (Å²) in [7, 11) is 3.22. The number of esters is 1. The van der Waals surface area contributed by atoms with E-state index >= 15 is 0 Å². The number of benzene rings is 2. The number of nitrogens with one attached hydrogen (secondary N) is 2. The maximum Gasteiger partial charge on any atom is 0.308 e. The van der Waals surface area contributed by atoms with Crippen molar-refractivity contribution in [2.45, 2.75) is 31.7 Å². The van der Waals surface area contributed by atoms with Crippen LogP contribution in [0.25, 0.3) is 0 Å². The van der Waals surface area contributed by atoms with E-state index in [9.17, 15) is 9.59 Å². The highest BCUT2D eigenvalue weighted by molar-refractivity contribution is 5.95. The van der Waals surface area contributed by atoms with Crippen LogP contribution in [0.3, 0.4) is 0 Å². The number of fused-ring (bicyclic) bond motifs is 3. The second-order valence-electron chi connectivity index (χ2n) is 8.38. The van der Waals surface area contributed by atoms with E-state index in [1.54, 1.807) is 20.3 Å². The molecule has 3 atom stereocenters. The molecule has 1 amide bonds. The normalized spacial score (nSPS) is 20.4. The Morgan fingerprint density at radius 1 is 1.12 bits per heavy atom. The van der Waals surface area contributed by atoms with Gasteiger partial charge in [0, 0.05) is 44.4 Å². The van der Waals surface area contributed by atoms with Crippen LogP contribution in [-0.4, -0.2) is 39.2 Å². The summed E-state index contributed by atoms with van der Waals surface area (Å²) in [4.78, 5) is 24.0. The number of allylic oxidation sites excluding steroid dienone is 2. The Morgan fingerprint density at radius 3 is 2.73 bits per heavy atom. The number of ether oxygens (including phenoxy) is 3. The van der Waals surface area contributed by atoms with Gasteiger partial charge in [-0.2, -0.15) is 0 Å². The van der Waals surface area contributed by atoms with E-state index in [4.69, 9.17) is 14.2 Å². The average molecular weight is 451 g/mol. The van der Waals surface area contributed by atoms with Gasteiger partial charge < -0.3 is 24.8 Å². The monoisotopic (exact) mass is 450 g/mol. The zero-order valence-electron chi connectivity index (χ0n) is 19.2. The fourth-order valence-electron chi connectivity index (χ4n) is 4.70. The first kappa shape index (κ1) is 22.9. The molecule has 0 saturated carbocycles. The molecule has 0 aromatic heterocycles. The summed E-state index contributed by atoms with van der Waals surface area (Å²) in [5, 5.41) is 6.63. The molecule has 0 bridgehead atoms. The number of hydrogen-bond donors (Lipinski definition) is 2. The molecule has 1 heterocycles. The lowest BCUT2D eigenvalue weighted by Gasteiger charge is -2.38. The van der Waals surface area contributed by atoms with E-state index < -0.39 is 0 Å². The summed E-state index contributed by atoms with van der Waals surface area (Å²) in [6.45, 7) is 2.58. The predicted molar refractivity (Wildman–Crippen MR) is 126 cm³/mol. The topological polar surface area (TPSA) is 85.9 Å². The van der Waals surface area contributed by atoms with Crippen molar-refractivity contribution in [3.05, 3.63) is 65.2 Å². The van der Waals surface area contributed by atoms with Gasteiger partial charge in [0.25, 0.3) is 5.91 Å².